The fourth-order valence-corrected chi connectivity index (χ4v) is 3.75. The maximum atomic E-state index is 13.7. The van der Waals surface area contributed by atoms with E-state index in [2.05, 4.69) is 14.8 Å². The molecule has 4 nitrogen and oxygen atoms in total. The number of rotatable bonds is 4. The lowest BCUT2D eigenvalue weighted by Crippen LogP contribution is -2.47. The van der Waals surface area contributed by atoms with Gasteiger partial charge in [0.1, 0.15) is 11.6 Å². The Morgan fingerprint density at radius 2 is 1.59 bits per heavy atom. The van der Waals surface area contributed by atoms with Crippen molar-refractivity contribution in [2.75, 3.05) is 31.1 Å². The molecule has 2 aromatic carbocycles. The van der Waals surface area contributed by atoms with Crippen LogP contribution < -0.4 is 4.90 Å². The number of imidazole rings is 1. The molecule has 1 aliphatic rings. The molecule has 0 radical (unpaired) electrons. The summed E-state index contributed by atoms with van der Waals surface area (Å²) in [4.78, 5) is 8.83. The van der Waals surface area contributed by atoms with Crippen LogP contribution in [0.2, 0.25) is 0 Å². The number of halogens is 3. The summed E-state index contributed by atoms with van der Waals surface area (Å²) in [6, 6.07) is 13.2. The van der Waals surface area contributed by atoms with Crippen molar-refractivity contribution in [3.05, 3.63) is 60.2 Å². The Hall–Kier alpha value is -2.54. The fraction of sp³-hybridized carbons (Fsp3) is 0.350. The molecule has 0 bridgehead atoms. The van der Waals surface area contributed by atoms with Crippen LogP contribution in [0.3, 0.4) is 0 Å². The minimum Gasteiger partial charge on any atom is -0.369 e. The highest BCUT2D eigenvalue weighted by Crippen LogP contribution is 2.30. The van der Waals surface area contributed by atoms with Crippen LogP contribution >= 0.6 is 0 Å². The minimum atomic E-state index is -2.63. The average Bonchev–Trinajstić information content (AvgIpc) is 3.08. The number of anilines is 1. The van der Waals surface area contributed by atoms with E-state index in [0.29, 0.717) is 16.9 Å². The topological polar surface area (TPSA) is 24.3 Å². The molecule has 0 spiro atoms. The van der Waals surface area contributed by atoms with Gasteiger partial charge in [0.25, 0.3) is 0 Å². The number of aromatic nitrogens is 2. The zero-order valence-electron chi connectivity index (χ0n) is 15.0. The molecule has 142 valence electrons. The summed E-state index contributed by atoms with van der Waals surface area (Å²) in [5, 5.41) is 0. The molecule has 1 fully saturated rings. The van der Waals surface area contributed by atoms with Crippen molar-refractivity contribution in [2.24, 2.45) is 0 Å². The van der Waals surface area contributed by atoms with Crippen molar-refractivity contribution in [2.45, 2.75) is 19.5 Å². The number of hydrogen-bond donors (Lipinski definition) is 0. The number of piperazine rings is 1. The molecule has 1 aliphatic heterocycles. The third-order valence-corrected chi connectivity index (χ3v) is 5.25. The number of alkyl halides is 2. The van der Waals surface area contributed by atoms with Gasteiger partial charge >= 0.3 is 6.55 Å². The van der Waals surface area contributed by atoms with E-state index < -0.39 is 6.55 Å². The Kier molecular flexibility index (Phi) is 4.78. The van der Waals surface area contributed by atoms with Gasteiger partial charge in [-0.2, -0.15) is 8.78 Å². The van der Waals surface area contributed by atoms with E-state index in [1.165, 1.54) is 12.1 Å². The van der Waals surface area contributed by atoms with Crippen molar-refractivity contribution < 1.29 is 13.2 Å². The quantitative estimate of drug-likeness (QED) is 0.674. The van der Waals surface area contributed by atoms with Crippen LogP contribution in [0.1, 0.15) is 25.3 Å². The third-order valence-electron chi connectivity index (χ3n) is 5.25. The summed E-state index contributed by atoms with van der Waals surface area (Å²) in [5.74, 6) is 0.137. The van der Waals surface area contributed by atoms with Gasteiger partial charge in [-0.3, -0.25) is 9.47 Å². The fourth-order valence-electron chi connectivity index (χ4n) is 3.75. The molecule has 3 aromatic rings. The first-order chi connectivity index (χ1) is 13.0. The normalized spacial score (nSPS) is 17.0. The highest BCUT2D eigenvalue weighted by Gasteiger charge is 2.28. The van der Waals surface area contributed by atoms with Crippen LogP contribution in [-0.4, -0.2) is 40.6 Å². The van der Waals surface area contributed by atoms with Crippen molar-refractivity contribution in [3.63, 3.8) is 0 Å². The Morgan fingerprint density at radius 1 is 0.926 bits per heavy atom. The molecule has 0 amide bonds. The lowest BCUT2D eigenvalue weighted by atomic mass is 10.2. The molecular formula is C20H21F3N4. The monoisotopic (exact) mass is 374 g/mol. The molecule has 1 aromatic heterocycles. The first-order valence-corrected chi connectivity index (χ1v) is 9.04. The summed E-state index contributed by atoms with van der Waals surface area (Å²) in [6.07, 6.45) is 0. The molecule has 1 unspecified atom stereocenters. The molecule has 1 saturated heterocycles. The van der Waals surface area contributed by atoms with Crippen LogP contribution in [0, 0.1) is 5.82 Å². The van der Waals surface area contributed by atoms with Gasteiger partial charge in [0, 0.05) is 31.9 Å². The van der Waals surface area contributed by atoms with Crippen molar-refractivity contribution >= 4 is 16.7 Å². The number of nitrogens with zero attached hydrogens (tertiary/aromatic N) is 4. The van der Waals surface area contributed by atoms with Gasteiger partial charge < -0.3 is 4.90 Å². The summed E-state index contributed by atoms with van der Waals surface area (Å²) in [5.41, 5.74) is 2.02. The zero-order chi connectivity index (χ0) is 19.0. The Labute approximate surface area is 155 Å². The summed E-state index contributed by atoms with van der Waals surface area (Å²) >= 11 is 0. The first kappa shape index (κ1) is 17.9. The lowest BCUT2D eigenvalue weighted by molar-refractivity contribution is 0.0641. The van der Waals surface area contributed by atoms with E-state index in [4.69, 9.17) is 0 Å². The van der Waals surface area contributed by atoms with E-state index in [1.807, 2.05) is 6.92 Å². The van der Waals surface area contributed by atoms with Gasteiger partial charge in [-0.25, -0.2) is 9.37 Å². The van der Waals surface area contributed by atoms with Crippen LogP contribution in [-0.2, 0) is 0 Å². The van der Waals surface area contributed by atoms with E-state index >= 15 is 0 Å². The highest BCUT2D eigenvalue weighted by atomic mass is 19.3. The van der Waals surface area contributed by atoms with Crippen LogP contribution in [0.5, 0.6) is 0 Å². The zero-order valence-corrected chi connectivity index (χ0v) is 15.0. The van der Waals surface area contributed by atoms with Gasteiger partial charge in [-0.1, -0.05) is 12.1 Å². The number of hydrogen-bond acceptors (Lipinski definition) is 3. The molecule has 0 saturated carbocycles. The number of para-hydroxylation sites is 2. The van der Waals surface area contributed by atoms with Crippen LogP contribution in [0.4, 0.5) is 18.9 Å². The number of benzene rings is 2. The maximum Gasteiger partial charge on any atom is 0.320 e. The Balaban J connectivity index is 1.53. The summed E-state index contributed by atoms with van der Waals surface area (Å²) in [7, 11) is 0. The summed E-state index contributed by atoms with van der Waals surface area (Å²) < 4.78 is 41.5. The molecule has 4 rings (SSSR count). The first-order valence-electron chi connectivity index (χ1n) is 9.04. The molecule has 7 heteroatoms. The van der Waals surface area contributed by atoms with Gasteiger partial charge in [0.15, 0.2) is 0 Å². The van der Waals surface area contributed by atoms with Crippen molar-refractivity contribution in [1.29, 1.82) is 0 Å². The van der Waals surface area contributed by atoms with E-state index in [9.17, 15) is 13.2 Å². The maximum absolute atomic E-state index is 13.7. The van der Waals surface area contributed by atoms with E-state index in [-0.39, 0.29) is 11.9 Å². The molecule has 27 heavy (non-hydrogen) atoms. The molecular weight excluding hydrogens is 353 g/mol. The Bertz CT molecular complexity index is 915. The molecule has 0 N–H and O–H groups in total. The second kappa shape index (κ2) is 7.23. The largest absolute Gasteiger partial charge is 0.369 e. The van der Waals surface area contributed by atoms with E-state index in [0.717, 1.165) is 36.4 Å². The van der Waals surface area contributed by atoms with Gasteiger partial charge in [-0.05, 0) is 43.3 Å². The van der Waals surface area contributed by atoms with Gasteiger partial charge in [0.05, 0.1) is 17.1 Å². The van der Waals surface area contributed by atoms with Gasteiger partial charge in [-0.15, -0.1) is 0 Å². The lowest BCUT2D eigenvalue weighted by Gasteiger charge is -2.39. The molecule has 2 heterocycles. The SMILES string of the molecule is CC(c1nc2ccccc2n1C(F)F)N1CCN(c2ccc(F)cc2)CC1. The third kappa shape index (κ3) is 3.39. The van der Waals surface area contributed by atoms with Crippen molar-refractivity contribution in [3.8, 4) is 0 Å². The molecule has 1 atom stereocenters. The standard InChI is InChI=1S/C20H21F3N4/c1-14(19-24-17-4-2-3-5-18(17)27(19)20(22)23)25-10-12-26(13-11-25)16-8-6-15(21)7-9-16/h2-9,14,20H,10-13H2,1H3. The number of fused-ring (bicyclic) bond motifs is 1. The highest BCUT2D eigenvalue weighted by molar-refractivity contribution is 5.76. The predicted octanol–water partition coefficient (Wildman–Crippen LogP) is 4.45. The molecule has 0 aliphatic carbocycles. The predicted molar refractivity (Wildman–Crippen MR) is 99.6 cm³/mol. The smallest absolute Gasteiger partial charge is 0.320 e. The van der Waals surface area contributed by atoms with Crippen LogP contribution in [0.25, 0.3) is 11.0 Å². The summed E-state index contributed by atoms with van der Waals surface area (Å²) in [6.45, 7) is 2.26. The second-order valence-electron chi connectivity index (χ2n) is 6.78. The van der Waals surface area contributed by atoms with Crippen LogP contribution in [0.15, 0.2) is 48.5 Å². The van der Waals surface area contributed by atoms with Crippen molar-refractivity contribution in [1.82, 2.24) is 14.5 Å². The minimum absolute atomic E-state index is 0.221. The second-order valence-corrected chi connectivity index (χ2v) is 6.78. The average molecular weight is 374 g/mol. The Morgan fingerprint density at radius 3 is 2.26 bits per heavy atom. The van der Waals surface area contributed by atoms with Gasteiger partial charge in [0.2, 0.25) is 0 Å². The van der Waals surface area contributed by atoms with E-state index in [1.54, 1.807) is 36.4 Å².